The normalized spacial score (nSPS) is 14.3. The Bertz CT molecular complexity index is 1590. The minimum atomic E-state index is 0.868. The molecular weight excluding hydrogens is 480 g/mol. The lowest BCUT2D eigenvalue weighted by Gasteiger charge is -2.30. The number of hydrogen-bond acceptors (Lipinski definition) is 4. The number of fused-ring (bicyclic) bond motifs is 2. The summed E-state index contributed by atoms with van der Waals surface area (Å²) in [6.45, 7) is 0.948. The zero-order chi connectivity index (χ0) is 24.5. The third kappa shape index (κ3) is 4.06. The Balaban J connectivity index is 1.53. The average Bonchev–Trinajstić information content (AvgIpc) is 3.54. The lowest BCUT2D eigenvalue weighted by molar-refractivity contribution is -0.668. The number of rotatable bonds is 6. The molecule has 36 heavy (non-hydrogen) atoms. The van der Waals surface area contributed by atoms with Crippen molar-refractivity contribution in [2.24, 2.45) is 0 Å². The minimum Gasteiger partial charge on any atom is -0.341 e. The summed E-state index contributed by atoms with van der Waals surface area (Å²) >= 11 is 6.31. The summed E-state index contributed by atoms with van der Waals surface area (Å²) in [5.41, 5.74) is 7.02. The van der Waals surface area contributed by atoms with E-state index >= 15 is 0 Å². The van der Waals surface area contributed by atoms with Gasteiger partial charge >= 0.3 is 0 Å². The van der Waals surface area contributed by atoms with Crippen LogP contribution in [0.3, 0.4) is 0 Å². The number of nitrogens with zero attached hydrogens (tertiary/aromatic N) is 4. The third-order valence-electron chi connectivity index (χ3n) is 6.59. The quantitative estimate of drug-likeness (QED) is 0.204. The van der Waals surface area contributed by atoms with E-state index < -0.39 is 0 Å². The molecule has 6 rings (SSSR count). The maximum Gasteiger partial charge on any atom is 0.263 e. The number of imidazole rings is 1. The van der Waals surface area contributed by atoms with Crippen molar-refractivity contribution in [3.8, 4) is 5.69 Å². The van der Waals surface area contributed by atoms with Crippen molar-refractivity contribution in [2.75, 3.05) is 17.7 Å². The molecule has 0 saturated heterocycles. The third-order valence-corrected chi connectivity index (χ3v) is 8.02. The van der Waals surface area contributed by atoms with E-state index in [1.165, 1.54) is 32.0 Å². The lowest BCUT2D eigenvalue weighted by Crippen LogP contribution is -2.35. The van der Waals surface area contributed by atoms with Gasteiger partial charge in [0.05, 0.1) is 5.70 Å². The molecule has 0 atom stereocenters. The van der Waals surface area contributed by atoms with Gasteiger partial charge in [0.15, 0.2) is 12.4 Å². The first-order valence-corrected chi connectivity index (χ1v) is 13.6. The number of hydrogen-bond donors (Lipinski definition) is 1. The zero-order valence-corrected chi connectivity index (χ0v) is 21.8. The van der Waals surface area contributed by atoms with Crippen LogP contribution < -0.4 is 9.47 Å². The first-order chi connectivity index (χ1) is 17.7. The fourth-order valence-electron chi connectivity index (χ4n) is 4.84. The number of aromatic nitrogens is 3. The van der Waals surface area contributed by atoms with Crippen LogP contribution in [0.1, 0.15) is 22.8 Å². The van der Waals surface area contributed by atoms with Crippen molar-refractivity contribution < 1.29 is 4.57 Å². The van der Waals surface area contributed by atoms with Crippen molar-refractivity contribution in [1.29, 1.82) is 0 Å². The van der Waals surface area contributed by atoms with Crippen LogP contribution in [0.4, 0.5) is 5.69 Å². The minimum absolute atomic E-state index is 0.868. The van der Waals surface area contributed by atoms with Crippen molar-refractivity contribution in [3.05, 3.63) is 114 Å². The van der Waals surface area contributed by atoms with Crippen molar-refractivity contribution in [1.82, 2.24) is 9.55 Å². The molecule has 0 saturated carbocycles. The second-order valence-electron chi connectivity index (χ2n) is 8.80. The number of aryl methyl sites for hydroxylation is 1. The van der Waals surface area contributed by atoms with Gasteiger partial charge in [-0.15, -0.1) is 0 Å². The number of anilines is 1. The first kappa shape index (κ1) is 22.8. The highest BCUT2D eigenvalue weighted by Gasteiger charge is 2.26. The molecule has 0 N–H and O–H groups in total. The topological polar surface area (TPSA) is 24.9 Å². The smallest absolute Gasteiger partial charge is 0.263 e. The van der Waals surface area contributed by atoms with E-state index in [4.69, 9.17) is 4.98 Å². The van der Waals surface area contributed by atoms with Gasteiger partial charge in [0, 0.05) is 54.9 Å². The average molecular weight is 508 g/mol. The SMILES string of the molecule is CN1C(c2nccn2-c2ccccc2)=C/C(=C\c2sc3ccccc3[n+]2CCCS)c2ccccc21. The molecular formula is C30H27N4S2+. The Morgan fingerprint density at radius 2 is 1.75 bits per heavy atom. The van der Waals surface area contributed by atoms with Crippen LogP contribution in [-0.4, -0.2) is 22.4 Å². The van der Waals surface area contributed by atoms with E-state index in [9.17, 15) is 0 Å². The molecule has 0 unspecified atom stereocenters. The Kier molecular flexibility index (Phi) is 6.21. The van der Waals surface area contributed by atoms with Gasteiger partial charge in [-0.3, -0.25) is 4.57 Å². The number of benzene rings is 3. The second-order valence-corrected chi connectivity index (χ2v) is 10.3. The van der Waals surface area contributed by atoms with Crippen LogP contribution in [-0.2, 0) is 6.54 Å². The van der Waals surface area contributed by atoms with Gasteiger partial charge in [0.25, 0.3) is 5.01 Å². The molecule has 1 aliphatic heterocycles. The molecule has 0 spiro atoms. The molecule has 0 bridgehead atoms. The fraction of sp³-hybridized carbons (Fsp3) is 0.133. The predicted molar refractivity (Wildman–Crippen MR) is 155 cm³/mol. The Hall–Kier alpha value is -3.61. The van der Waals surface area contributed by atoms with Crippen LogP contribution in [0.5, 0.6) is 0 Å². The zero-order valence-electron chi connectivity index (χ0n) is 20.1. The van der Waals surface area contributed by atoms with Crippen molar-refractivity contribution >= 4 is 57.2 Å². The molecule has 178 valence electrons. The predicted octanol–water partition coefficient (Wildman–Crippen LogP) is 6.73. The molecule has 5 aromatic rings. The van der Waals surface area contributed by atoms with Crippen molar-refractivity contribution in [3.63, 3.8) is 0 Å². The molecule has 0 fully saturated rings. The Morgan fingerprint density at radius 3 is 2.61 bits per heavy atom. The van der Waals surface area contributed by atoms with Gasteiger partial charge in [0.2, 0.25) is 5.52 Å². The number of thiol groups is 1. The number of thiazole rings is 1. The van der Waals surface area contributed by atoms with Crippen LogP contribution in [0.2, 0.25) is 0 Å². The highest BCUT2D eigenvalue weighted by Crippen LogP contribution is 2.40. The van der Waals surface area contributed by atoms with E-state index in [0.717, 1.165) is 35.9 Å². The van der Waals surface area contributed by atoms with Crippen LogP contribution in [0.25, 0.3) is 33.3 Å². The molecule has 0 amide bonds. The van der Waals surface area contributed by atoms with Crippen LogP contribution in [0, 0.1) is 0 Å². The molecule has 0 radical (unpaired) electrons. The molecule has 3 aromatic carbocycles. The summed E-state index contributed by atoms with van der Waals surface area (Å²) in [6.07, 6.45) is 9.54. The van der Waals surface area contributed by atoms with Gasteiger partial charge in [-0.05, 0) is 41.7 Å². The summed E-state index contributed by atoms with van der Waals surface area (Å²) in [5.74, 6) is 1.79. The summed E-state index contributed by atoms with van der Waals surface area (Å²) in [6, 6.07) is 27.7. The largest absolute Gasteiger partial charge is 0.341 e. The monoisotopic (exact) mass is 507 g/mol. The van der Waals surface area contributed by atoms with Crippen LogP contribution >= 0.6 is 24.0 Å². The standard InChI is InChI=1S/C30H26N4S2/c1-32-25-13-6-5-12-24(25)22(20-27(32)30-31-16-18-33(30)23-10-3-2-4-11-23)21-29-34(17-9-19-35)26-14-7-8-15-28(26)36-29/h2-8,10-16,18,20-21H,9,17,19H2,1H3/p+1. The summed E-state index contributed by atoms with van der Waals surface area (Å²) in [5, 5.41) is 1.24. The van der Waals surface area contributed by atoms with Gasteiger partial charge < -0.3 is 4.90 Å². The number of para-hydroxylation sites is 3. The molecule has 3 heterocycles. The summed E-state index contributed by atoms with van der Waals surface area (Å²) in [7, 11) is 2.12. The maximum atomic E-state index is 4.79. The molecule has 4 nitrogen and oxygen atoms in total. The molecule has 6 heteroatoms. The Labute approximate surface area is 220 Å². The van der Waals surface area contributed by atoms with Gasteiger partial charge in [-0.2, -0.15) is 17.2 Å². The highest BCUT2D eigenvalue weighted by atomic mass is 32.1. The molecule has 1 aliphatic rings. The van der Waals surface area contributed by atoms with E-state index in [2.05, 4.69) is 119 Å². The first-order valence-electron chi connectivity index (χ1n) is 12.1. The highest BCUT2D eigenvalue weighted by molar-refractivity contribution is 7.80. The Morgan fingerprint density at radius 1 is 0.972 bits per heavy atom. The van der Waals surface area contributed by atoms with Crippen LogP contribution in [0.15, 0.2) is 97.3 Å². The van der Waals surface area contributed by atoms with E-state index in [-0.39, 0.29) is 0 Å². The number of allylic oxidation sites excluding steroid dienone is 2. The lowest BCUT2D eigenvalue weighted by atomic mass is 9.97. The van der Waals surface area contributed by atoms with E-state index in [1.807, 2.05) is 29.8 Å². The van der Waals surface area contributed by atoms with Gasteiger partial charge in [-0.25, -0.2) is 4.98 Å². The maximum absolute atomic E-state index is 4.79. The van der Waals surface area contributed by atoms with Gasteiger partial charge in [-0.1, -0.05) is 59.9 Å². The second kappa shape index (κ2) is 9.80. The summed E-state index contributed by atoms with van der Waals surface area (Å²) in [4.78, 5) is 7.03. The molecule has 2 aromatic heterocycles. The van der Waals surface area contributed by atoms with Gasteiger partial charge in [0.1, 0.15) is 4.70 Å². The fourth-order valence-corrected chi connectivity index (χ4v) is 6.12. The summed E-state index contributed by atoms with van der Waals surface area (Å²) < 4.78 is 5.89. The van der Waals surface area contributed by atoms with Crippen molar-refractivity contribution in [2.45, 2.75) is 13.0 Å². The van der Waals surface area contributed by atoms with E-state index in [1.54, 1.807) is 0 Å². The molecule has 0 aliphatic carbocycles. The van der Waals surface area contributed by atoms with E-state index in [0.29, 0.717) is 0 Å².